The summed E-state index contributed by atoms with van der Waals surface area (Å²) >= 11 is 0. The first kappa shape index (κ1) is 17.7. The van der Waals surface area contributed by atoms with E-state index in [0.717, 1.165) is 30.7 Å². The first-order valence-electron chi connectivity index (χ1n) is 8.20. The Morgan fingerprint density at radius 2 is 1.96 bits per heavy atom. The highest BCUT2D eigenvalue weighted by atomic mass is 16.5. The van der Waals surface area contributed by atoms with Crippen molar-refractivity contribution in [1.82, 2.24) is 19.5 Å². The molecule has 2 N–H and O–H groups in total. The van der Waals surface area contributed by atoms with Gasteiger partial charge in [0.15, 0.2) is 0 Å². The predicted octanol–water partition coefficient (Wildman–Crippen LogP) is -0.179. The smallest absolute Gasteiger partial charge is 0.335 e. The molecule has 1 fully saturated rings. The van der Waals surface area contributed by atoms with E-state index >= 15 is 0 Å². The summed E-state index contributed by atoms with van der Waals surface area (Å²) in [5.41, 5.74) is -1.13. The Kier molecular flexibility index (Phi) is 5.08. The van der Waals surface area contributed by atoms with Crippen LogP contribution in [0.25, 0.3) is 5.69 Å². The van der Waals surface area contributed by atoms with Crippen molar-refractivity contribution in [2.45, 2.75) is 0 Å². The van der Waals surface area contributed by atoms with Crippen molar-refractivity contribution in [1.29, 1.82) is 0 Å². The van der Waals surface area contributed by atoms with Crippen molar-refractivity contribution >= 4 is 6.21 Å². The molecule has 1 aromatic heterocycles. The van der Waals surface area contributed by atoms with Gasteiger partial charge in [-0.05, 0) is 19.2 Å². The fraction of sp³-hybridized carbons (Fsp3) is 0.353. The lowest BCUT2D eigenvalue weighted by Gasteiger charge is -2.30. The lowest BCUT2D eigenvalue weighted by Crippen LogP contribution is -2.42. The van der Waals surface area contributed by atoms with Crippen molar-refractivity contribution < 1.29 is 9.84 Å². The van der Waals surface area contributed by atoms with Gasteiger partial charge in [0.25, 0.3) is 5.56 Å². The second kappa shape index (κ2) is 7.44. The van der Waals surface area contributed by atoms with Crippen LogP contribution in [0.15, 0.2) is 39.0 Å². The third kappa shape index (κ3) is 3.62. The summed E-state index contributed by atoms with van der Waals surface area (Å²) in [4.78, 5) is 28.7. The Hall–Kier alpha value is -3.07. The van der Waals surface area contributed by atoms with Crippen LogP contribution in [0.3, 0.4) is 0 Å². The van der Waals surface area contributed by atoms with E-state index in [-0.39, 0.29) is 5.56 Å². The summed E-state index contributed by atoms with van der Waals surface area (Å²) in [5.74, 6) is 0.0533. The average molecular weight is 359 g/mol. The minimum Gasteiger partial charge on any atom is -0.497 e. The molecular formula is C17H21N5O4. The summed E-state index contributed by atoms with van der Waals surface area (Å²) in [6.07, 6.45) is 1.29. The van der Waals surface area contributed by atoms with Gasteiger partial charge in [-0.2, -0.15) is 5.10 Å². The van der Waals surface area contributed by atoms with E-state index in [1.54, 1.807) is 24.3 Å². The van der Waals surface area contributed by atoms with E-state index < -0.39 is 17.1 Å². The number of aromatic amines is 1. The number of likely N-dealkylation sites (N-methyl/N-ethyl adjacent to an activating group) is 1. The van der Waals surface area contributed by atoms with E-state index in [1.165, 1.54) is 13.3 Å². The SMILES string of the molecule is COc1cccc(-n2c(O)c(C=NN3CCN(C)CC3)c(=O)[nH]c2=O)c1. The molecule has 138 valence electrons. The van der Waals surface area contributed by atoms with Crippen molar-refractivity contribution in [3.63, 3.8) is 0 Å². The molecule has 1 aliphatic heterocycles. The van der Waals surface area contributed by atoms with Gasteiger partial charge >= 0.3 is 5.69 Å². The second-order valence-electron chi connectivity index (χ2n) is 6.03. The van der Waals surface area contributed by atoms with Gasteiger partial charge in [0.2, 0.25) is 5.88 Å². The summed E-state index contributed by atoms with van der Waals surface area (Å²) in [5, 5.41) is 16.6. The van der Waals surface area contributed by atoms with Crippen LogP contribution >= 0.6 is 0 Å². The number of aromatic hydroxyl groups is 1. The molecule has 0 bridgehead atoms. The molecule has 26 heavy (non-hydrogen) atoms. The number of hydrazone groups is 1. The van der Waals surface area contributed by atoms with Crippen LogP contribution < -0.4 is 16.0 Å². The molecule has 1 aromatic carbocycles. The van der Waals surface area contributed by atoms with Gasteiger partial charge < -0.3 is 14.7 Å². The van der Waals surface area contributed by atoms with Gasteiger partial charge in [0.1, 0.15) is 11.3 Å². The Bertz CT molecular complexity index is 925. The van der Waals surface area contributed by atoms with E-state index in [0.29, 0.717) is 11.4 Å². The first-order valence-corrected chi connectivity index (χ1v) is 8.20. The minimum atomic E-state index is -0.738. The highest BCUT2D eigenvalue weighted by Crippen LogP contribution is 2.19. The second-order valence-corrected chi connectivity index (χ2v) is 6.03. The van der Waals surface area contributed by atoms with Crippen LogP contribution in [0.5, 0.6) is 11.6 Å². The molecule has 1 saturated heterocycles. The van der Waals surface area contributed by atoms with E-state index in [4.69, 9.17) is 4.74 Å². The van der Waals surface area contributed by atoms with Gasteiger partial charge in [0.05, 0.1) is 19.0 Å². The fourth-order valence-corrected chi connectivity index (χ4v) is 2.69. The number of aromatic nitrogens is 2. The number of piperazine rings is 1. The van der Waals surface area contributed by atoms with Crippen LogP contribution in [0.1, 0.15) is 5.56 Å². The minimum absolute atomic E-state index is 0.0775. The normalized spacial score (nSPS) is 15.5. The number of hydrogen-bond donors (Lipinski definition) is 2. The van der Waals surface area contributed by atoms with Gasteiger partial charge in [-0.25, -0.2) is 9.36 Å². The number of rotatable bonds is 4. The number of nitrogens with zero attached hydrogens (tertiary/aromatic N) is 4. The van der Waals surface area contributed by atoms with Crippen molar-refractivity contribution in [3.05, 3.63) is 50.7 Å². The maximum Gasteiger partial charge on any atom is 0.335 e. The summed E-state index contributed by atoms with van der Waals surface area (Å²) < 4.78 is 6.15. The number of nitrogens with one attached hydrogen (secondary N) is 1. The number of benzene rings is 1. The molecule has 2 heterocycles. The largest absolute Gasteiger partial charge is 0.497 e. The summed E-state index contributed by atoms with van der Waals surface area (Å²) in [7, 11) is 3.53. The maximum atomic E-state index is 12.2. The number of hydrogen-bond acceptors (Lipinski definition) is 7. The molecule has 0 amide bonds. The maximum absolute atomic E-state index is 12.2. The predicted molar refractivity (Wildman–Crippen MR) is 97.5 cm³/mol. The summed E-state index contributed by atoms with van der Waals surface area (Å²) in [6, 6.07) is 6.61. The van der Waals surface area contributed by atoms with Crippen LogP contribution in [0.2, 0.25) is 0 Å². The summed E-state index contributed by atoms with van der Waals surface area (Å²) in [6.45, 7) is 3.17. The van der Waals surface area contributed by atoms with Crippen molar-refractivity contribution in [2.24, 2.45) is 5.10 Å². The monoisotopic (exact) mass is 359 g/mol. The highest BCUT2D eigenvalue weighted by Gasteiger charge is 2.16. The topological polar surface area (TPSA) is 103 Å². The van der Waals surface area contributed by atoms with Crippen LogP contribution in [-0.4, -0.2) is 71.1 Å². The van der Waals surface area contributed by atoms with Crippen LogP contribution in [0, 0.1) is 0 Å². The van der Waals surface area contributed by atoms with Crippen molar-refractivity contribution in [2.75, 3.05) is 40.3 Å². The molecule has 9 nitrogen and oxygen atoms in total. The molecule has 0 spiro atoms. The molecule has 1 aliphatic rings. The number of ether oxygens (including phenoxy) is 1. The standard InChI is InChI=1S/C17H21N5O4/c1-20-6-8-21(9-7-20)18-11-14-15(23)19-17(25)22(16(14)24)12-4-3-5-13(10-12)26-2/h3-5,10-11,24H,6-9H2,1-2H3,(H,19,23,25). The zero-order chi connectivity index (χ0) is 18.7. The van der Waals surface area contributed by atoms with E-state index in [9.17, 15) is 14.7 Å². The van der Waals surface area contributed by atoms with Crippen LogP contribution in [0.4, 0.5) is 0 Å². The molecule has 9 heteroatoms. The molecule has 0 saturated carbocycles. The van der Waals surface area contributed by atoms with E-state index in [1.807, 2.05) is 12.1 Å². The van der Waals surface area contributed by atoms with Gasteiger partial charge in [0, 0.05) is 32.2 Å². The lowest BCUT2D eigenvalue weighted by atomic mass is 10.2. The zero-order valence-corrected chi connectivity index (χ0v) is 14.7. The molecule has 2 aromatic rings. The molecule has 0 aliphatic carbocycles. The van der Waals surface area contributed by atoms with Gasteiger partial charge in [-0.3, -0.25) is 14.8 Å². The fourth-order valence-electron chi connectivity index (χ4n) is 2.69. The molecular weight excluding hydrogens is 338 g/mol. The molecule has 0 atom stereocenters. The zero-order valence-electron chi connectivity index (χ0n) is 14.7. The quantitative estimate of drug-likeness (QED) is 0.734. The Balaban J connectivity index is 1.99. The Labute approximate surface area is 149 Å². The Morgan fingerprint density at radius 3 is 2.65 bits per heavy atom. The highest BCUT2D eigenvalue weighted by molar-refractivity contribution is 5.82. The number of methoxy groups -OCH3 is 1. The van der Waals surface area contributed by atoms with Crippen LogP contribution in [-0.2, 0) is 0 Å². The van der Waals surface area contributed by atoms with E-state index in [2.05, 4.69) is 15.0 Å². The number of H-pyrrole nitrogens is 1. The van der Waals surface area contributed by atoms with Gasteiger partial charge in [-0.15, -0.1) is 0 Å². The molecule has 0 unspecified atom stereocenters. The average Bonchev–Trinajstić information content (AvgIpc) is 2.63. The molecule has 3 rings (SSSR count). The Morgan fingerprint density at radius 1 is 1.23 bits per heavy atom. The first-order chi connectivity index (χ1) is 12.5. The lowest BCUT2D eigenvalue weighted by molar-refractivity contribution is 0.159. The third-order valence-electron chi connectivity index (χ3n) is 4.26. The molecule has 0 radical (unpaired) electrons. The van der Waals surface area contributed by atoms with Crippen molar-refractivity contribution in [3.8, 4) is 17.3 Å². The van der Waals surface area contributed by atoms with Gasteiger partial charge in [-0.1, -0.05) is 6.07 Å². The third-order valence-corrected chi connectivity index (χ3v) is 4.26.